The topological polar surface area (TPSA) is 20.2 Å². The van der Waals surface area contributed by atoms with E-state index in [9.17, 15) is 5.11 Å². The van der Waals surface area contributed by atoms with Gasteiger partial charge < -0.3 is 5.11 Å². The summed E-state index contributed by atoms with van der Waals surface area (Å²) in [7, 11) is 0. The van der Waals surface area contributed by atoms with Gasteiger partial charge in [-0.15, -0.1) is 0 Å². The summed E-state index contributed by atoms with van der Waals surface area (Å²) in [5.74, 6) is 0. The molecule has 1 atom stereocenters. The van der Waals surface area contributed by atoms with Gasteiger partial charge in [-0.25, -0.2) is 0 Å². The molecule has 1 aliphatic rings. The van der Waals surface area contributed by atoms with Crippen LogP contribution in [0.25, 0.3) is 0 Å². The maximum Gasteiger partial charge on any atom is 0.0739 e. The van der Waals surface area contributed by atoms with Gasteiger partial charge >= 0.3 is 0 Å². The van der Waals surface area contributed by atoms with E-state index in [-0.39, 0.29) is 5.41 Å². The van der Waals surface area contributed by atoms with Crippen molar-refractivity contribution in [1.82, 2.24) is 0 Å². The smallest absolute Gasteiger partial charge is 0.0739 e. The number of benzene rings is 1. The highest BCUT2D eigenvalue weighted by Gasteiger charge is 2.45. The van der Waals surface area contributed by atoms with Crippen molar-refractivity contribution in [3.05, 3.63) is 34.9 Å². The first-order valence-corrected chi connectivity index (χ1v) is 6.78. The third-order valence-electron chi connectivity index (χ3n) is 4.34. The molecule has 0 heterocycles. The van der Waals surface area contributed by atoms with E-state index in [2.05, 4.69) is 13.8 Å². The minimum absolute atomic E-state index is 0.0234. The summed E-state index contributed by atoms with van der Waals surface area (Å²) in [5.41, 5.74) is 0.423. The van der Waals surface area contributed by atoms with Crippen LogP contribution < -0.4 is 0 Å². The van der Waals surface area contributed by atoms with E-state index in [0.717, 1.165) is 29.8 Å². The molecule has 0 aliphatic heterocycles. The van der Waals surface area contributed by atoms with Gasteiger partial charge in [-0.1, -0.05) is 56.5 Å². The Morgan fingerprint density at radius 3 is 2.47 bits per heavy atom. The lowest BCUT2D eigenvalue weighted by atomic mass is 9.63. The number of halogens is 1. The third kappa shape index (κ3) is 2.51. The van der Waals surface area contributed by atoms with Gasteiger partial charge in [0.25, 0.3) is 0 Å². The van der Waals surface area contributed by atoms with Crippen LogP contribution in [0.5, 0.6) is 0 Å². The first kappa shape index (κ1) is 12.9. The molecule has 1 fully saturated rings. The Kier molecular flexibility index (Phi) is 3.51. The van der Waals surface area contributed by atoms with Gasteiger partial charge in [-0.3, -0.25) is 0 Å². The maximum atomic E-state index is 10.9. The van der Waals surface area contributed by atoms with Gasteiger partial charge in [0.2, 0.25) is 0 Å². The first-order chi connectivity index (χ1) is 7.95. The average Bonchev–Trinajstić information content (AvgIpc) is 2.26. The van der Waals surface area contributed by atoms with E-state index in [1.54, 1.807) is 0 Å². The van der Waals surface area contributed by atoms with Crippen LogP contribution in [0.2, 0.25) is 5.02 Å². The lowest BCUT2D eigenvalue weighted by Gasteiger charge is -2.47. The second-order valence-corrected chi connectivity index (χ2v) is 6.30. The van der Waals surface area contributed by atoms with Crippen LogP contribution >= 0.6 is 11.6 Å². The Hall–Kier alpha value is -0.530. The minimum atomic E-state index is -0.615. The number of hydrogen-bond donors (Lipinski definition) is 1. The van der Waals surface area contributed by atoms with Crippen molar-refractivity contribution in [3.63, 3.8) is 0 Å². The van der Waals surface area contributed by atoms with Crippen molar-refractivity contribution in [1.29, 1.82) is 0 Å². The first-order valence-electron chi connectivity index (χ1n) is 6.40. The van der Waals surface area contributed by atoms with Crippen molar-refractivity contribution < 1.29 is 5.11 Å². The molecule has 0 aromatic heterocycles. The zero-order valence-corrected chi connectivity index (χ0v) is 11.4. The summed E-state index contributed by atoms with van der Waals surface area (Å²) >= 11 is 6.19. The van der Waals surface area contributed by atoms with E-state index in [1.807, 2.05) is 24.3 Å². The standard InChI is InChI=1S/C15H21ClO/c1-14(2)9-5-6-10-15(14,17)11-12-7-3-4-8-13(12)16/h3-4,7-8,17H,5-6,9-11H2,1-2H3. The quantitative estimate of drug-likeness (QED) is 0.836. The molecule has 0 amide bonds. The molecule has 1 nitrogen and oxygen atoms in total. The number of aliphatic hydroxyl groups is 1. The molecule has 1 aromatic rings. The van der Waals surface area contributed by atoms with Gasteiger partial charge in [0, 0.05) is 11.4 Å². The summed E-state index contributed by atoms with van der Waals surface area (Å²) < 4.78 is 0. The van der Waals surface area contributed by atoms with Crippen LogP contribution in [-0.4, -0.2) is 10.7 Å². The Balaban J connectivity index is 2.24. The number of hydrogen-bond acceptors (Lipinski definition) is 1. The largest absolute Gasteiger partial charge is 0.389 e. The van der Waals surface area contributed by atoms with Gasteiger partial charge in [0.15, 0.2) is 0 Å². The predicted molar refractivity (Wildman–Crippen MR) is 72.4 cm³/mol. The predicted octanol–water partition coefficient (Wildman–Crippen LogP) is 4.21. The van der Waals surface area contributed by atoms with Crippen molar-refractivity contribution in [3.8, 4) is 0 Å². The Bertz CT molecular complexity index is 400. The molecular weight excluding hydrogens is 232 g/mol. The van der Waals surface area contributed by atoms with Crippen molar-refractivity contribution in [2.24, 2.45) is 5.41 Å². The summed E-state index contributed by atoms with van der Waals surface area (Å²) in [6, 6.07) is 7.84. The van der Waals surface area contributed by atoms with Crippen LogP contribution in [0.4, 0.5) is 0 Å². The molecular formula is C15H21ClO. The summed E-state index contributed by atoms with van der Waals surface area (Å²) in [4.78, 5) is 0. The van der Waals surface area contributed by atoms with E-state index in [4.69, 9.17) is 11.6 Å². The minimum Gasteiger partial charge on any atom is -0.389 e. The summed E-state index contributed by atoms with van der Waals surface area (Å²) in [6.07, 6.45) is 4.97. The Morgan fingerprint density at radius 2 is 1.82 bits per heavy atom. The van der Waals surface area contributed by atoms with E-state index >= 15 is 0 Å². The SMILES string of the molecule is CC1(C)CCCCC1(O)Cc1ccccc1Cl. The molecule has 1 aliphatic carbocycles. The van der Waals surface area contributed by atoms with E-state index < -0.39 is 5.60 Å². The Morgan fingerprint density at radius 1 is 1.18 bits per heavy atom. The molecule has 0 saturated heterocycles. The van der Waals surface area contributed by atoms with Gasteiger partial charge in [-0.2, -0.15) is 0 Å². The van der Waals surface area contributed by atoms with Gasteiger partial charge in [0.1, 0.15) is 0 Å². The molecule has 1 unspecified atom stereocenters. The van der Waals surface area contributed by atoms with Crippen LogP contribution in [-0.2, 0) is 6.42 Å². The summed E-state index contributed by atoms with van der Waals surface area (Å²) in [6.45, 7) is 4.34. The monoisotopic (exact) mass is 252 g/mol. The fourth-order valence-corrected chi connectivity index (χ4v) is 3.04. The molecule has 0 bridgehead atoms. The maximum absolute atomic E-state index is 10.9. The third-order valence-corrected chi connectivity index (χ3v) is 4.71. The zero-order valence-electron chi connectivity index (χ0n) is 10.7. The molecule has 0 spiro atoms. The molecule has 1 saturated carbocycles. The van der Waals surface area contributed by atoms with Crippen molar-refractivity contribution >= 4 is 11.6 Å². The summed E-state index contributed by atoms with van der Waals surface area (Å²) in [5, 5.41) is 11.7. The van der Waals surface area contributed by atoms with Crippen LogP contribution in [0.1, 0.15) is 45.1 Å². The lowest BCUT2D eigenvalue weighted by Crippen LogP contribution is -2.48. The fourth-order valence-electron chi connectivity index (χ4n) is 2.84. The average molecular weight is 253 g/mol. The highest BCUT2D eigenvalue weighted by molar-refractivity contribution is 6.31. The molecule has 0 radical (unpaired) electrons. The number of rotatable bonds is 2. The molecule has 1 N–H and O–H groups in total. The molecule has 2 rings (SSSR count). The van der Waals surface area contributed by atoms with Crippen LogP contribution in [0, 0.1) is 5.41 Å². The lowest BCUT2D eigenvalue weighted by molar-refractivity contribution is -0.0958. The van der Waals surface area contributed by atoms with Crippen molar-refractivity contribution in [2.45, 2.75) is 51.6 Å². The van der Waals surface area contributed by atoms with E-state index in [1.165, 1.54) is 6.42 Å². The zero-order chi connectivity index (χ0) is 12.5. The normalized spacial score (nSPS) is 28.0. The molecule has 2 heteroatoms. The Labute approximate surface area is 109 Å². The fraction of sp³-hybridized carbons (Fsp3) is 0.600. The second-order valence-electron chi connectivity index (χ2n) is 5.89. The molecule has 1 aromatic carbocycles. The highest BCUT2D eigenvalue weighted by Crippen LogP contribution is 2.46. The van der Waals surface area contributed by atoms with Crippen molar-refractivity contribution in [2.75, 3.05) is 0 Å². The highest BCUT2D eigenvalue weighted by atomic mass is 35.5. The van der Waals surface area contributed by atoms with Crippen LogP contribution in [0.3, 0.4) is 0 Å². The van der Waals surface area contributed by atoms with Gasteiger partial charge in [0.05, 0.1) is 5.60 Å². The second kappa shape index (κ2) is 4.62. The van der Waals surface area contributed by atoms with Crippen LogP contribution in [0.15, 0.2) is 24.3 Å². The van der Waals surface area contributed by atoms with E-state index in [0.29, 0.717) is 6.42 Å². The molecule has 94 valence electrons. The van der Waals surface area contributed by atoms with Gasteiger partial charge in [-0.05, 0) is 29.9 Å². The molecule has 17 heavy (non-hydrogen) atoms.